The predicted octanol–water partition coefficient (Wildman–Crippen LogP) is 4.83. The number of anilines is 1. The molecule has 0 fully saturated rings. The third kappa shape index (κ3) is 3.32. The van der Waals surface area contributed by atoms with E-state index in [1.807, 2.05) is 12.1 Å². The minimum Gasteiger partial charge on any atom is -0.380 e. The first-order valence-corrected chi connectivity index (χ1v) is 6.65. The van der Waals surface area contributed by atoms with Crippen molar-refractivity contribution in [1.82, 2.24) is 0 Å². The molecule has 5 heteroatoms. The van der Waals surface area contributed by atoms with Gasteiger partial charge in [-0.2, -0.15) is 0 Å². The van der Waals surface area contributed by atoms with Crippen LogP contribution in [0.4, 0.5) is 14.5 Å². The van der Waals surface area contributed by atoms with Crippen LogP contribution in [0.25, 0.3) is 0 Å². The molecular weight excluding hydrogens is 371 g/mol. The van der Waals surface area contributed by atoms with Gasteiger partial charge in [0.25, 0.3) is 0 Å². The highest BCUT2D eigenvalue weighted by atomic mass is 127. The number of hydrogen-bond donors (Lipinski definition) is 1. The number of hydrogen-bond acceptors (Lipinski definition) is 1. The van der Waals surface area contributed by atoms with Gasteiger partial charge in [-0.15, -0.1) is 0 Å². The van der Waals surface area contributed by atoms with Crippen LogP contribution in [0.2, 0.25) is 5.02 Å². The molecule has 0 bridgehead atoms. The highest BCUT2D eigenvalue weighted by Crippen LogP contribution is 2.23. The van der Waals surface area contributed by atoms with Crippen LogP contribution in [0.3, 0.4) is 0 Å². The first-order valence-electron chi connectivity index (χ1n) is 5.19. The van der Waals surface area contributed by atoms with Crippen molar-refractivity contribution < 1.29 is 8.78 Å². The molecule has 0 saturated carbocycles. The van der Waals surface area contributed by atoms with Crippen LogP contribution in [0, 0.1) is 15.2 Å². The second-order valence-electron chi connectivity index (χ2n) is 3.73. The fraction of sp³-hybridized carbons (Fsp3) is 0.0769. The zero-order valence-electron chi connectivity index (χ0n) is 9.18. The first-order chi connectivity index (χ1) is 8.56. The third-order valence-electron chi connectivity index (χ3n) is 2.40. The zero-order chi connectivity index (χ0) is 13.1. The smallest absolute Gasteiger partial charge is 0.159 e. The lowest BCUT2D eigenvalue weighted by Crippen LogP contribution is -2.01. The van der Waals surface area contributed by atoms with Crippen LogP contribution in [0.5, 0.6) is 0 Å². The van der Waals surface area contributed by atoms with Crippen molar-refractivity contribution in [3.63, 3.8) is 0 Å². The summed E-state index contributed by atoms with van der Waals surface area (Å²) in [6.45, 7) is 0.425. The average Bonchev–Trinajstić information content (AvgIpc) is 2.32. The Morgan fingerprint density at radius 1 is 1.06 bits per heavy atom. The molecule has 2 rings (SSSR count). The van der Waals surface area contributed by atoms with E-state index in [-0.39, 0.29) is 0 Å². The molecule has 2 aromatic rings. The Kier molecular flexibility index (Phi) is 4.40. The Balaban J connectivity index is 2.09. The molecule has 1 N–H and O–H groups in total. The topological polar surface area (TPSA) is 12.0 Å². The van der Waals surface area contributed by atoms with Crippen molar-refractivity contribution in [2.45, 2.75) is 6.54 Å². The standard InChI is InChI=1S/C13H9ClF2IN/c14-9-2-4-13(12(17)6-9)18-7-8-1-3-10(15)11(16)5-8/h1-6,18H,7H2. The van der Waals surface area contributed by atoms with Crippen LogP contribution in [0.1, 0.15) is 5.56 Å². The summed E-state index contributed by atoms with van der Waals surface area (Å²) >= 11 is 8.01. The Morgan fingerprint density at radius 2 is 1.83 bits per heavy atom. The minimum absolute atomic E-state index is 0.425. The molecule has 0 saturated heterocycles. The largest absolute Gasteiger partial charge is 0.380 e. The van der Waals surface area contributed by atoms with Gasteiger partial charge in [0.1, 0.15) is 0 Å². The molecule has 1 nitrogen and oxygen atoms in total. The zero-order valence-corrected chi connectivity index (χ0v) is 12.1. The summed E-state index contributed by atoms with van der Waals surface area (Å²) in [5.74, 6) is -1.67. The lowest BCUT2D eigenvalue weighted by Gasteiger charge is -2.09. The Morgan fingerprint density at radius 3 is 2.50 bits per heavy atom. The predicted molar refractivity (Wildman–Crippen MR) is 77.9 cm³/mol. The average molecular weight is 380 g/mol. The summed E-state index contributed by atoms with van der Waals surface area (Å²) in [4.78, 5) is 0. The fourth-order valence-corrected chi connectivity index (χ4v) is 2.54. The van der Waals surface area contributed by atoms with Gasteiger partial charge in [0.05, 0.1) is 0 Å². The summed E-state index contributed by atoms with van der Waals surface area (Å²) < 4.78 is 26.7. The molecule has 0 spiro atoms. The molecule has 0 radical (unpaired) electrons. The Bertz CT molecular complexity index is 575. The van der Waals surface area contributed by atoms with E-state index in [2.05, 4.69) is 27.9 Å². The van der Waals surface area contributed by atoms with E-state index < -0.39 is 11.6 Å². The van der Waals surface area contributed by atoms with Gasteiger partial charge in [-0.05, 0) is 58.5 Å². The van der Waals surface area contributed by atoms with E-state index in [4.69, 9.17) is 11.6 Å². The number of halogens is 4. The second-order valence-corrected chi connectivity index (χ2v) is 5.32. The normalized spacial score (nSPS) is 10.4. The van der Waals surface area contributed by atoms with E-state index in [1.165, 1.54) is 6.07 Å². The lowest BCUT2D eigenvalue weighted by molar-refractivity contribution is 0.507. The maximum Gasteiger partial charge on any atom is 0.159 e. The van der Waals surface area contributed by atoms with Crippen LogP contribution in [0.15, 0.2) is 36.4 Å². The van der Waals surface area contributed by atoms with Crippen molar-refractivity contribution in [3.05, 3.63) is 62.2 Å². The maximum atomic E-state index is 13.0. The molecule has 0 aliphatic heterocycles. The molecular formula is C13H9ClF2IN. The summed E-state index contributed by atoms with van der Waals surface area (Å²) in [5, 5.41) is 3.81. The van der Waals surface area contributed by atoms with Crippen LogP contribution < -0.4 is 5.32 Å². The van der Waals surface area contributed by atoms with Crippen molar-refractivity contribution in [2.24, 2.45) is 0 Å². The van der Waals surface area contributed by atoms with Gasteiger partial charge in [0.2, 0.25) is 0 Å². The number of benzene rings is 2. The molecule has 0 aliphatic carbocycles. The van der Waals surface area contributed by atoms with Gasteiger partial charge in [0.15, 0.2) is 11.6 Å². The monoisotopic (exact) mass is 379 g/mol. The van der Waals surface area contributed by atoms with Crippen LogP contribution in [-0.4, -0.2) is 0 Å². The van der Waals surface area contributed by atoms with E-state index in [9.17, 15) is 8.78 Å². The lowest BCUT2D eigenvalue weighted by atomic mass is 10.2. The van der Waals surface area contributed by atoms with Gasteiger partial charge in [-0.1, -0.05) is 17.7 Å². The van der Waals surface area contributed by atoms with Crippen molar-refractivity contribution in [3.8, 4) is 0 Å². The Labute approximate surface area is 122 Å². The minimum atomic E-state index is -0.833. The SMILES string of the molecule is Fc1ccc(CNc2ccc(Cl)cc2I)cc1F. The molecule has 2 aromatic carbocycles. The van der Waals surface area contributed by atoms with E-state index in [0.29, 0.717) is 17.1 Å². The van der Waals surface area contributed by atoms with Gasteiger partial charge in [0, 0.05) is 20.8 Å². The summed E-state index contributed by atoms with van der Waals surface area (Å²) in [7, 11) is 0. The molecule has 94 valence electrons. The van der Waals surface area contributed by atoms with E-state index in [1.54, 1.807) is 12.1 Å². The summed E-state index contributed by atoms with van der Waals surface area (Å²) in [6.07, 6.45) is 0. The quantitative estimate of drug-likeness (QED) is 0.753. The van der Waals surface area contributed by atoms with Crippen molar-refractivity contribution in [2.75, 3.05) is 5.32 Å². The highest BCUT2D eigenvalue weighted by molar-refractivity contribution is 14.1. The van der Waals surface area contributed by atoms with Gasteiger partial charge >= 0.3 is 0 Å². The second kappa shape index (κ2) is 5.84. The third-order valence-corrected chi connectivity index (χ3v) is 3.53. The first kappa shape index (κ1) is 13.5. The Hall–Kier alpha value is -0.880. The summed E-state index contributed by atoms with van der Waals surface area (Å²) in [5.41, 5.74) is 1.59. The van der Waals surface area contributed by atoms with Crippen molar-refractivity contribution >= 4 is 39.9 Å². The molecule has 0 atom stereocenters. The van der Waals surface area contributed by atoms with Crippen LogP contribution in [-0.2, 0) is 6.54 Å². The molecule has 18 heavy (non-hydrogen) atoms. The maximum absolute atomic E-state index is 13.0. The molecule has 0 aliphatic rings. The molecule has 0 aromatic heterocycles. The van der Waals surface area contributed by atoms with E-state index >= 15 is 0 Å². The highest BCUT2D eigenvalue weighted by Gasteiger charge is 2.04. The summed E-state index contributed by atoms with van der Waals surface area (Å²) in [6, 6.07) is 9.31. The van der Waals surface area contributed by atoms with Gasteiger partial charge in [-0.25, -0.2) is 8.78 Å². The molecule has 0 unspecified atom stereocenters. The van der Waals surface area contributed by atoms with Crippen LogP contribution >= 0.6 is 34.2 Å². The van der Waals surface area contributed by atoms with Gasteiger partial charge < -0.3 is 5.32 Å². The molecule has 0 amide bonds. The molecule has 0 heterocycles. The number of rotatable bonds is 3. The van der Waals surface area contributed by atoms with Crippen molar-refractivity contribution in [1.29, 1.82) is 0 Å². The fourth-order valence-electron chi connectivity index (χ4n) is 1.48. The van der Waals surface area contributed by atoms with Gasteiger partial charge in [-0.3, -0.25) is 0 Å². The number of nitrogens with one attached hydrogen (secondary N) is 1. The van der Waals surface area contributed by atoms with E-state index in [0.717, 1.165) is 15.3 Å².